The van der Waals surface area contributed by atoms with Gasteiger partial charge in [0.25, 0.3) is 0 Å². The van der Waals surface area contributed by atoms with Gasteiger partial charge in [-0.2, -0.15) is 0 Å². The van der Waals surface area contributed by atoms with E-state index in [0.717, 1.165) is 0 Å². The minimum absolute atomic E-state index is 0.0993. The Morgan fingerprint density at radius 1 is 1.23 bits per heavy atom. The molecule has 1 atom stereocenters. The van der Waals surface area contributed by atoms with Crippen molar-refractivity contribution in [3.63, 3.8) is 0 Å². The predicted molar refractivity (Wildman–Crippen MR) is 96.2 cm³/mol. The molecule has 3 amide bonds. The van der Waals surface area contributed by atoms with Crippen LogP contribution in [-0.4, -0.2) is 17.7 Å². The second kappa shape index (κ2) is 5.89. The van der Waals surface area contributed by atoms with Gasteiger partial charge in [-0.05, 0) is 18.2 Å². The minimum atomic E-state index is -1.64. The van der Waals surface area contributed by atoms with Gasteiger partial charge in [0.1, 0.15) is 5.82 Å². The number of nitrogens with zero attached hydrogens (tertiary/aromatic N) is 1. The number of anilines is 1. The molecule has 0 aliphatic carbocycles. The molecular formula is C18H11BrClFN2O3. The molecule has 0 bridgehead atoms. The van der Waals surface area contributed by atoms with E-state index in [4.69, 9.17) is 11.6 Å². The van der Waals surface area contributed by atoms with Crippen LogP contribution >= 0.6 is 27.5 Å². The average molecular weight is 438 g/mol. The lowest BCUT2D eigenvalue weighted by Crippen LogP contribution is -2.45. The minimum Gasteiger partial charge on any atom is -0.305 e. The normalized spacial score (nSPS) is 21.5. The number of carbonyl (C=O) groups excluding carboxylic acids is 3. The molecule has 4 rings (SSSR count). The highest BCUT2D eigenvalue weighted by Crippen LogP contribution is 2.49. The zero-order valence-electron chi connectivity index (χ0n) is 13.2. The molecule has 2 aliphatic heterocycles. The van der Waals surface area contributed by atoms with Gasteiger partial charge < -0.3 is 4.90 Å². The van der Waals surface area contributed by atoms with Crippen molar-refractivity contribution in [2.24, 2.45) is 0 Å². The van der Waals surface area contributed by atoms with Crippen LogP contribution in [0.3, 0.4) is 0 Å². The molecule has 132 valence electrons. The maximum atomic E-state index is 14.3. The molecule has 8 heteroatoms. The molecule has 2 aromatic carbocycles. The monoisotopic (exact) mass is 436 g/mol. The standard InChI is InChI=1S/C18H11BrClFN2O3/c19-10-5-4-9(13(21)6-10)8-23-15-11(2-1-3-12(15)20)18(17(23)26)7-14(24)22-16(18)25/h1-6H,7-8H2,(H,22,24,25)/t18-/m1/s1. The number of hydrogen-bond acceptors (Lipinski definition) is 3. The number of halogens is 3. The second-order valence-electron chi connectivity index (χ2n) is 6.22. The Balaban J connectivity index is 1.86. The lowest BCUT2D eigenvalue weighted by atomic mass is 9.80. The Morgan fingerprint density at radius 2 is 2.00 bits per heavy atom. The van der Waals surface area contributed by atoms with E-state index < -0.39 is 29.0 Å². The second-order valence-corrected chi connectivity index (χ2v) is 7.55. The van der Waals surface area contributed by atoms with E-state index in [9.17, 15) is 18.8 Å². The summed E-state index contributed by atoms with van der Waals surface area (Å²) < 4.78 is 14.9. The van der Waals surface area contributed by atoms with E-state index in [2.05, 4.69) is 21.2 Å². The van der Waals surface area contributed by atoms with Gasteiger partial charge >= 0.3 is 0 Å². The topological polar surface area (TPSA) is 66.5 Å². The summed E-state index contributed by atoms with van der Waals surface area (Å²) in [6, 6.07) is 9.32. The summed E-state index contributed by atoms with van der Waals surface area (Å²) in [4.78, 5) is 38.8. The summed E-state index contributed by atoms with van der Waals surface area (Å²) in [5, 5.41) is 2.46. The molecule has 0 unspecified atom stereocenters. The molecule has 0 aromatic heterocycles. The number of amides is 3. The summed E-state index contributed by atoms with van der Waals surface area (Å²) in [5.41, 5.74) is -0.653. The van der Waals surface area contributed by atoms with Crippen LogP contribution < -0.4 is 10.2 Å². The highest BCUT2D eigenvalue weighted by atomic mass is 79.9. The van der Waals surface area contributed by atoms with Crippen molar-refractivity contribution in [3.05, 3.63) is 62.8 Å². The lowest BCUT2D eigenvalue weighted by Gasteiger charge is -2.21. The van der Waals surface area contributed by atoms with Gasteiger partial charge in [-0.15, -0.1) is 0 Å². The zero-order valence-corrected chi connectivity index (χ0v) is 15.5. The van der Waals surface area contributed by atoms with E-state index in [1.165, 1.54) is 11.0 Å². The molecule has 5 nitrogen and oxygen atoms in total. The van der Waals surface area contributed by atoms with Crippen molar-refractivity contribution < 1.29 is 18.8 Å². The summed E-state index contributed by atoms with van der Waals surface area (Å²) in [5.74, 6) is -2.26. The van der Waals surface area contributed by atoms with E-state index in [0.29, 0.717) is 15.7 Å². The molecular weight excluding hydrogens is 427 g/mol. The number of para-hydroxylation sites is 1. The first-order valence-electron chi connectivity index (χ1n) is 7.74. The molecule has 1 spiro atoms. The van der Waals surface area contributed by atoms with E-state index >= 15 is 0 Å². The van der Waals surface area contributed by atoms with Crippen molar-refractivity contribution in [1.29, 1.82) is 0 Å². The van der Waals surface area contributed by atoms with Gasteiger partial charge in [0.2, 0.25) is 17.7 Å². The molecule has 0 radical (unpaired) electrons. The van der Waals surface area contributed by atoms with Crippen LogP contribution in [0.15, 0.2) is 40.9 Å². The number of benzene rings is 2. The van der Waals surface area contributed by atoms with Crippen molar-refractivity contribution >= 4 is 50.9 Å². The first-order valence-corrected chi connectivity index (χ1v) is 8.91. The maximum Gasteiger partial charge on any atom is 0.248 e. The summed E-state index contributed by atoms with van der Waals surface area (Å²) in [6.45, 7) is -0.0993. The van der Waals surface area contributed by atoms with Crippen LogP contribution in [0.4, 0.5) is 10.1 Å². The van der Waals surface area contributed by atoms with Crippen molar-refractivity contribution in [2.75, 3.05) is 4.90 Å². The summed E-state index contributed by atoms with van der Waals surface area (Å²) >= 11 is 9.48. The predicted octanol–water partition coefficient (Wildman–Crippen LogP) is 3.07. The SMILES string of the molecule is O=C1C[C@@]2(C(=O)N1)C(=O)N(Cc1ccc(Br)cc1F)c1c(Cl)cccc12. The number of carbonyl (C=O) groups is 3. The third kappa shape index (κ3) is 2.30. The Labute approximate surface area is 161 Å². The molecule has 1 saturated heterocycles. The van der Waals surface area contributed by atoms with Crippen LogP contribution in [0.25, 0.3) is 0 Å². The highest BCUT2D eigenvalue weighted by Gasteiger charge is 2.61. The lowest BCUT2D eigenvalue weighted by molar-refractivity contribution is -0.133. The van der Waals surface area contributed by atoms with E-state index in [-0.39, 0.29) is 23.6 Å². The van der Waals surface area contributed by atoms with Gasteiger partial charge in [-0.25, -0.2) is 4.39 Å². The van der Waals surface area contributed by atoms with Crippen LogP contribution in [0, 0.1) is 5.82 Å². The first kappa shape index (κ1) is 17.2. The third-order valence-electron chi connectivity index (χ3n) is 4.74. The Hall–Kier alpha value is -2.25. The molecule has 0 saturated carbocycles. The average Bonchev–Trinajstić information content (AvgIpc) is 3.00. The van der Waals surface area contributed by atoms with Crippen LogP contribution in [0.1, 0.15) is 17.5 Å². The van der Waals surface area contributed by atoms with Gasteiger partial charge in [0.15, 0.2) is 5.41 Å². The Bertz CT molecular complexity index is 996. The molecule has 2 aliphatic rings. The molecule has 1 fully saturated rings. The van der Waals surface area contributed by atoms with Gasteiger partial charge in [-0.1, -0.05) is 45.7 Å². The summed E-state index contributed by atoms with van der Waals surface area (Å²) in [7, 11) is 0. The molecule has 2 aromatic rings. The highest BCUT2D eigenvalue weighted by molar-refractivity contribution is 9.10. The van der Waals surface area contributed by atoms with Gasteiger partial charge in [0, 0.05) is 15.6 Å². The molecule has 1 N–H and O–H groups in total. The number of hydrogen-bond donors (Lipinski definition) is 1. The van der Waals surface area contributed by atoms with E-state index in [1.54, 1.807) is 30.3 Å². The summed E-state index contributed by atoms with van der Waals surface area (Å²) in [6.07, 6.45) is -0.280. The number of imide groups is 1. The largest absolute Gasteiger partial charge is 0.305 e. The maximum absolute atomic E-state index is 14.3. The molecule has 26 heavy (non-hydrogen) atoms. The Kier molecular flexibility index (Phi) is 3.89. The third-order valence-corrected chi connectivity index (χ3v) is 5.53. The van der Waals surface area contributed by atoms with Crippen LogP contribution in [0.2, 0.25) is 5.02 Å². The van der Waals surface area contributed by atoms with Crippen LogP contribution in [0.5, 0.6) is 0 Å². The fourth-order valence-electron chi connectivity index (χ4n) is 3.54. The smallest absolute Gasteiger partial charge is 0.248 e. The van der Waals surface area contributed by atoms with Crippen molar-refractivity contribution in [2.45, 2.75) is 18.4 Å². The van der Waals surface area contributed by atoms with Crippen molar-refractivity contribution in [3.8, 4) is 0 Å². The number of fused-ring (bicyclic) bond motifs is 2. The van der Waals surface area contributed by atoms with E-state index in [1.807, 2.05) is 0 Å². The van der Waals surface area contributed by atoms with Gasteiger partial charge in [-0.3, -0.25) is 19.7 Å². The number of nitrogens with one attached hydrogen (secondary N) is 1. The quantitative estimate of drug-likeness (QED) is 0.580. The van der Waals surface area contributed by atoms with Crippen LogP contribution in [-0.2, 0) is 26.3 Å². The van der Waals surface area contributed by atoms with Crippen molar-refractivity contribution in [1.82, 2.24) is 5.32 Å². The zero-order chi connectivity index (χ0) is 18.6. The van der Waals surface area contributed by atoms with Gasteiger partial charge in [0.05, 0.1) is 23.7 Å². The number of rotatable bonds is 2. The Morgan fingerprint density at radius 3 is 2.65 bits per heavy atom. The molecule has 2 heterocycles. The fraction of sp³-hybridized carbons (Fsp3) is 0.167. The fourth-order valence-corrected chi connectivity index (χ4v) is 4.15. The first-order chi connectivity index (χ1) is 12.3.